The van der Waals surface area contributed by atoms with E-state index >= 15 is 0 Å². The van der Waals surface area contributed by atoms with Gasteiger partial charge in [0, 0.05) is 24.4 Å². The zero-order valence-corrected chi connectivity index (χ0v) is 10.2. The average Bonchev–Trinajstić information content (AvgIpc) is 2.89. The van der Waals surface area contributed by atoms with Crippen LogP contribution >= 0.6 is 11.6 Å². The van der Waals surface area contributed by atoms with Gasteiger partial charge < -0.3 is 5.32 Å². The maximum atomic E-state index is 11.8. The number of hydrogen-bond acceptors (Lipinski definition) is 5. The van der Waals surface area contributed by atoms with Gasteiger partial charge in [-0.15, -0.1) is 0 Å². The molecule has 2 aromatic rings. The summed E-state index contributed by atoms with van der Waals surface area (Å²) in [7, 11) is 0. The van der Waals surface area contributed by atoms with Crippen LogP contribution in [-0.4, -0.2) is 26.0 Å². The van der Waals surface area contributed by atoms with E-state index < -0.39 is 10.8 Å². The van der Waals surface area contributed by atoms with Crippen molar-refractivity contribution in [3.63, 3.8) is 0 Å². The van der Waals surface area contributed by atoms with E-state index in [1.165, 1.54) is 0 Å². The number of pyridine rings is 1. The lowest BCUT2D eigenvalue weighted by Crippen LogP contribution is -2.23. The number of aromatic nitrogens is 3. The zero-order chi connectivity index (χ0) is 13.8. The highest BCUT2D eigenvalue weighted by Gasteiger charge is 2.16. The topological polar surface area (TPSA) is 114 Å². The molecule has 1 amide bonds. The molecule has 98 valence electrons. The van der Waals surface area contributed by atoms with Gasteiger partial charge in [0.1, 0.15) is 11.3 Å². The van der Waals surface area contributed by atoms with Gasteiger partial charge in [-0.2, -0.15) is 5.10 Å². The first-order chi connectivity index (χ1) is 9.08. The molecule has 0 aromatic carbocycles. The Hall–Kier alpha value is -2.48. The molecule has 19 heavy (non-hydrogen) atoms. The van der Waals surface area contributed by atoms with Gasteiger partial charge in [-0.1, -0.05) is 11.6 Å². The van der Waals surface area contributed by atoms with Crippen LogP contribution < -0.4 is 5.32 Å². The molecule has 0 aliphatic rings. The first kappa shape index (κ1) is 13.0. The van der Waals surface area contributed by atoms with E-state index in [-0.39, 0.29) is 22.9 Å². The van der Waals surface area contributed by atoms with Gasteiger partial charge in [-0.25, -0.2) is 4.98 Å². The van der Waals surface area contributed by atoms with Crippen LogP contribution in [0, 0.1) is 10.1 Å². The number of carbonyl (C=O) groups is 1. The van der Waals surface area contributed by atoms with E-state index in [0.717, 1.165) is 17.8 Å². The number of aromatic amines is 1. The third kappa shape index (κ3) is 3.05. The number of hydrogen-bond donors (Lipinski definition) is 2. The van der Waals surface area contributed by atoms with Gasteiger partial charge in [0.05, 0.1) is 16.7 Å². The summed E-state index contributed by atoms with van der Waals surface area (Å²) < 4.78 is 0. The lowest BCUT2D eigenvalue weighted by Gasteiger charge is -2.04. The fraction of sp³-hybridized carbons (Fsp3) is 0.100. The molecule has 2 N–H and O–H groups in total. The highest BCUT2D eigenvalue weighted by molar-refractivity contribution is 6.32. The molecule has 0 aliphatic heterocycles. The number of nitro groups is 1. The largest absolute Gasteiger partial charge is 0.348 e. The number of H-pyrrole nitrogens is 1. The molecule has 2 aromatic heterocycles. The number of amides is 1. The fourth-order valence-electron chi connectivity index (χ4n) is 1.35. The van der Waals surface area contributed by atoms with Gasteiger partial charge in [0.15, 0.2) is 0 Å². The van der Waals surface area contributed by atoms with Gasteiger partial charge in [0.2, 0.25) is 0 Å². The second-order valence-electron chi connectivity index (χ2n) is 3.58. The van der Waals surface area contributed by atoms with Crippen molar-refractivity contribution < 1.29 is 9.72 Å². The maximum absolute atomic E-state index is 11.8. The predicted octanol–water partition coefficient (Wildman–Crippen LogP) is 1.30. The van der Waals surface area contributed by atoms with Crippen molar-refractivity contribution in [1.82, 2.24) is 20.5 Å². The van der Waals surface area contributed by atoms with Crippen LogP contribution in [0.1, 0.15) is 15.9 Å². The Morgan fingerprint density at radius 3 is 2.95 bits per heavy atom. The van der Waals surface area contributed by atoms with Crippen LogP contribution in [0.2, 0.25) is 5.15 Å². The van der Waals surface area contributed by atoms with Gasteiger partial charge in [-0.05, 0) is 0 Å². The van der Waals surface area contributed by atoms with Crippen LogP contribution in [0.3, 0.4) is 0 Å². The van der Waals surface area contributed by atoms with Gasteiger partial charge >= 0.3 is 0 Å². The van der Waals surface area contributed by atoms with Gasteiger partial charge in [0.25, 0.3) is 11.6 Å². The molecule has 2 heterocycles. The molecule has 9 heteroatoms. The molecule has 0 bridgehead atoms. The Labute approximate surface area is 112 Å². The predicted molar refractivity (Wildman–Crippen MR) is 65.7 cm³/mol. The molecular weight excluding hydrogens is 274 g/mol. The summed E-state index contributed by atoms with van der Waals surface area (Å²) in [6.07, 6.45) is 4.16. The standard InChI is InChI=1S/C10H8ClN5O3/c11-9-8(1-7(5-12-9)16(18)19)10(17)13-2-6-3-14-15-4-6/h1,3-5H,2H2,(H,13,17)(H,14,15). The molecule has 0 unspecified atom stereocenters. The van der Waals surface area contributed by atoms with E-state index in [9.17, 15) is 14.9 Å². The fourth-order valence-corrected chi connectivity index (χ4v) is 1.54. The Kier molecular flexibility index (Phi) is 3.71. The molecule has 0 radical (unpaired) electrons. The van der Waals surface area contributed by atoms with Crippen LogP contribution in [0.15, 0.2) is 24.7 Å². The molecule has 8 nitrogen and oxygen atoms in total. The molecule has 0 aliphatic carbocycles. The highest BCUT2D eigenvalue weighted by Crippen LogP contribution is 2.18. The maximum Gasteiger partial charge on any atom is 0.288 e. The minimum absolute atomic E-state index is 0.0423. The highest BCUT2D eigenvalue weighted by atomic mass is 35.5. The number of halogens is 1. The lowest BCUT2D eigenvalue weighted by molar-refractivity contribution is -0.385. The molecule has 0 saturated heterocycles. The second-order valence-corrected chi connectivity index (χ2v) is 3.94. The Morgan fingerprint density at radius 1 is 1.53 bits per heavy atom. The molecule has 0 atom stereocenters. The monoisotopic (exact) mass is 281 g/mol. The first-order valence-corrected chi connectivity index (χ1v) is 5.51. The molecule has 0 spiro atoms. The summed E-state index contributed by atoms with van der Waals surface area (Å²) >= 11 is 5.74. The smallest absolute Gasteiger partial charge is 0.288 e. The van der Waals surface area contributed by atoms with Crippen molar-refractivity contribution in [2.45, 2.75) is 6.54 Å². The Balaban J connectivity index is 2.14. The zero-order valence-electron chi connectivity index (χ0n) is 9.46. The lowest BCUT2D eigenvalue weighted by atomic mass is 10.2. The van der Waals surface area contributed by atoms with E-state index in [4.69, 9.17) is 11.6 Å². The molecule has 0 fully saturated rings. The van der Waals surface area contributed by atoms with Crippen LogP contribution in [0.4, 0.5) is 5.69 Å². The third-order valence-electron chi connectivity index (χ3n) is 2.29. The van der Waals surface area contributed by atoms with E-state index in [2.05, 4.69) is 20.5 Å². The molecule has 0 saturated carbocycles. The summed E-state index contributed by atoms with van der Waals surface area (Å²) in [6.45, 7) is 0.231. The summed E-state index contributed by atoms with van der Waals surface area (Å²) in [6, 6.07) is 1.08. The minimum Gasteiger partial charge on any atom is -0.348 e. The van der Waals surface area contributed by atoms with Crippen molar-refractivity contribution in [3.05, 3.63) is 51.1 Å². The molecule has 2 rings (SSSR count). The van der Waals surface area contributed by atoms with Crippen LogP contribution in [0.25, 0.3) is 0 Å². The van der Waals surface area contributed by atoms with Crippen molar-refractivity contribution in [2.75, 3.05) is 0 Å². The normalized spacial score (nSPS) is 10.2. The number of nitrogens with one attached hydrogen (secondary N) is 2. The van der Waals surface area contributed by atoms with E-state index in [1.54, 1.807) is 12.4 Å². The molecular formula is C10H8ClN5O3. The number of nitrogens with zero attached hydrogens (tertiary/aromatic N) is 3. The van der Waals surface area contributed by atoms with Gasteiger partial charge in [-0.3, -0.25) is 20.0 Å². The minimum atomic E-state index is -0.643. The average molecular weight is 282 g/mol. The number of carbonyl (C=O) groups excluding carboxylic acids is 1. The van der Waals surface area contributed by atoms with E-state index in [0.29, 0.717) is 0 Å². The summed E-state index contributed by atoms with van der Waals surface area (Å²) in [5.41, 5.74) is 0.431. The van der Waals surface area contributed by atoms with Crippen molar-refractivity contribution >= 4 is 23.2 Å². The summed E-state index contributed by atoms with van der Waals surface area (Å²) in [5.74, 6) is -0.539. The first-order valence-electron chi connectivity index (χ1n) is 5.13. The van der Waals surface area contributed by atoms with Crippen molar-refractivity contribution in [1.29, 1.82) is 0 Å². The second kappa shape index (κ2) is 5.44. The Morgan fingerprint density at radius 2 is 2.32 bits per heavy atom. The SMILES string of the molecule is O=C(NCc1cn[nH]c1)c1cc([N+](=O)[O-])cnc1Cl. The Bertz CT molecular complexity index is 614. The van der Waals surface area contributed by atoms with E-state index in [1.807, 2.05) is 0 Å². The summed E-state index contributed by atoms with van der Waals surface area (Å²) in [4.78, 5) is 25.4. The number of rotatable bonds is 4. The van der Waals surface area contributed by atoms with Crippen molar-refractivity contribution in [3.8, 4) is 0 Å². The third-order valence-corrected chi connectivity index (χ3v) is 2.59. The van der Waals surface area contributed by atoms with Crippen LogP contribution in [0.5, 0.6) is 0 Å². The van der Waals surface area contributed by atoms with Crippen molar-refractivity contribution in [2.24, 2.45) is 0 Å². The van der Waals surface area contributed by atoms with Crippen LogP contribution in [-0.2, 0) is 6.54 Å². The summed E-state index contributed by atoms with van der Waals surface area (Å²) in [5, 5.41) is 19.4. The quantitative estimate of drug-likeness (QED) is 0.498.